The van der Waals surface area contributed by atoms with Gasteiger partial charge in [0.15, 0.2) is 0 Å². The van der Waals surface area contributed by atoms with Gasteiger partial charge in [-0.2, -0.15) is 0 Å². The standard InChI is InChI=1S/C11H13NO3/c1-3-15-11(14)10(8(2)13)9-5-4-6-12-7-9/h4-7,10H,3H2,1-2H3/t10-/m1/s1. The fourth-order valence-corrected chi connectivity index (χ4v) is 1.31. The van der Waals surface area contributed by atoms with Crippen molar-refractivity contribution in [1.29, 1.82) is 0 Å². The van der Waals surface area contributed by atoms with E-state index in [2.05, 4.69) is 4.98 Å². The third-order valence-electron chi connectivity index (χ3n) is 1.95. The predicted molar refractivity (Wildman–Crippen MR) is 54.3 cm³/mol. The minimum Gasteiger partial charge on any atom is -0.465 e. The molecule has 0 N–H and O–H groups in total. The van der Waals surface area contributed by atoms with Crippen molar-refractivity contribution in [2.24, 2.45) is 0 Å². The maximum Gasteiger partial charge on any atom is 0.321 e. The molecule has 15 heavy (non-hydrogen) atoms. The summed E-state index contributed by atoms with van der Waals surface area (Å²) in [6.45, 7) is 3.34. The van der Waals surface area contributed by atoms with Crippen molar-refractivity contribution in [3.05, 3.63) is 30.1 Å². The van der Waals surface area contributed by atoms with E-state index in [-0.39, 0.29) is 12.4 Å². The lowest BCUT2D eigenvalue weighted by molar-refractivity contribution is -0.147. The van der Waals surface area contributed by atoms with Crippen molar-refractivity contribution in [3.8, 4) is 0 Å². The summed E-state index contributed by atoms with van der Waals surface area (Å²) in [4.78, 5) is 26.7. The average Bonchev–Trinajstić information content (AvgIpc) is 2.19. The SMILES string of the molecule is CCOC(=O)[C@H](C(C)=O)c1cccnc1. The van der Waals surface area contributed by atoms with Gasteiger partial charge in [0.25, 0.3) is 0 Å². The zero-order valence-electron chi connectivity index (χ0n) is 8.77. The molecule has 0 radical (unpaired) electrons. The van der Waals surface area contributed by atoms with Gasteiger partial charge in [-0.1, -0.05) is 6.07 Å². The van der Waals surface area contributed by atoms with Crippen LogP contribution in [-0.2, 0) is 14.3 Å². The first-order valence-corrected chi connectivity index (χ1v) is 4.73. The lowest BCUT2D eigenvalue weighted by Gasteiger charge is -2.11. The Bertz CT molecular complexity index is 348. The quantitative estimate of drug-likeness (QED) is 0.552. The molecule has 0 aliphatic rings. The van der Waals surface area contributed by atoms with E-state index in [9.17, 15) is 9.59 Å². The zero-order chi connectivity index (χ0) is 11.3. The largest absolute Gasteiger partial charge is 0.465 e. The number of ether oxygens (including phenoxy) is 1. The van der Waals surface area contributed by atoms with Gasteiger partial charge in [0, 0.05) is 12.4 Å². The number of carbonyl (C=O) groups excluding carboxylic acids is 2. The first kappa shape index (κ1) is 11.4. The number of hydrogen-bond donors (Lipinski definition) is 0. The molecule has 1 rings (SSSR count). The van der Waals surface area contributed by atoms with Crippen LogP contribution in [0.4, 0.5) is 0 Å². The molecule has 0 aromatic carbocycles. The highest BCUT2D eigenvalue weighted by Crippen LogP contribution is 2.17. The van der Waals surface area contributed by atoms with Crippen LogP contribution in [-0.4, -0.2) is 23.3 Å². The molecule has 0 saturated carbocycles. The van der Waals surface area contributed by atoms with E-state index < -0.39 is 11.9 Å². The van der Waals surface area contributed by atoms with E-state index in [0.29, 0.717) is 5.56 Å². The molecular formula is C11H13NO3. The second-order valence-electron chi connectivity index (χ2n) is 3.08. The normalized spacial score (nSPS) is 11.9. The Morgan fingerprint density at radius 1 is 1.53 bits per heavy atom. The van der Waals surface area contributed by atoms with Crippen molar-refractivity contribution in [1.82, 2.24) is 4.98 Å². The van der Waals surface area contributed by atoms with Crippen LogP contribution in [0.3, 0.4) is 0 Å². The first-order chi connectivity index (χ1) is 7.16. The van der Waals surface area contributed by atoms with Crippen LogP contribution in [0.15, 0.2) is 24.5 Å². The minimum absolute atomic E-state index is 0.235. The van der Waals surface area contributed by atoms with E-state index in [4.69, 9.17) is 4.74 Å². The van der Waals surface area contributed by atoms with Crippen LogP contribution in [0.25, 0.3) is 0 Å². The fourth-order valence-electron chi connectivity index (χ4n) is 1.31. The molecule has 1 aromatic heterocycles. The summed E-state index contributed by atoms with van der Waals surface area (Å²) in [5.74, 6) is -1.60. The highest BCUT2D eigenvalue weighted by Gasteiger charge is 2.26. The van der Waals surface area contributed by atoms with Crippen molar-refractivity contribution in [3.63, 3.8) is 0 Å². The Morgan fingerprint density at radius 2 is 2.27 bits per heavy atom. The third kappa shape index (κ3) is 2.87. The monoisotopic (exact) mass is 207 g/mol. The van der Waals surface area contributed by atoms with Gasteiger partial charge < -0.3 is 4.74 Å². The molecule has 0 amide bonds. The topological polar surface area (TPSA) is 56.3 Å². The molecule has 1 atom stereocenters. The number of ketones is 1. The first-order valence-electron chi connectivity index (χ1n) is 4.73. The number of hydrogen-bond acceptors (Lipinski definition) is 4. The third-order valence-corrected chi connectivity index (χ3v) is 1.95. The van der Waals surface area contributed by atoms with Crippen molar-refractivity contribution in [2.45, 2.75) is 19.8 Å². The molecule has 80 valence electrons. The summed E-state index contributed by atoms with van der Waals surface area (Å²) >= 11 is 0. The lowest BCUT2D eigenvalue weighted by Crippen LogP contribution is -2.22. The fraction of sp³-hybridized carbons (Fsp3) is 0.364. The van der Waals surface area contributed by atoms with E-state index in [0.717, 1.165) is 0 Å². The summed E-state index contributed by atoms with van der Waals surface area (Å²) in [6.07, 6.45) is 3.09. The van der Waals surface area contributed by atoms with Crippen molar-refractivity contribution in [2.75, 3.05) is 6.61 Å². The van der Waals surface area contributed by atoms with Crippen LogP contribution in [0, 0.1) is 0 Å². The van der Waals surface area contributed by atoms with E-state index >= 15 is 0 Å². The molecule has 1 aromatic rings. The number of aromatic nitrogens is 1. The second-order valence-corrected chi connectivity index (χ2v) is 3.08. The molecule has 1 heterocycles. The van der Waals surface area contributed by atoms with Crippen LogP contribution in [0.5, 0.6) is 0 Å². The van der Waals surface area contributed by atoms with Crippen molar-refractivity contribution >= 4 is 11.8 Å². The molecule has 0 unspecified atom stereocenters. The second kappa shape index (κ2) is 5.24. The number of esters is 1. The number of nitrogens with zero attached hydrogens (tertiary/aromatic N) is 1. The van der Waals surface area contributed by atoms with E-state index in [1.165, 1.54) is 13.1 Å². The molecule has 4 heteroatoms. The van der Waals surface area contributed by atoms with Gasteiger partial charge in [0.2, 0.25) is 0 Å². The van der Waals surface area contributed by atoms with Crippen LogP contribution >= 0.6 is 0 Å². The minimum atomic E-state index is -0.848. The molecule has 4 nitrogen and oxygen atoms in total. The molecule has 0 aliphatic heterocycles. The van der Waals surface area contributed by atoms with Crippen molar-refractivity contribution < 1.29 is 14.3 Å². The van der Waals surface area contributed by atoms with Gasteiger partial charge in [-0.25, -0.2) is 0 Å². The smallest absolute Gasteiger partial charge is 0.321 e. The van der Waals surface area contributed by atoms with Gasteiger partial charge in [-0.15, -0.1) is 0 Å². The number of rotatable bonds is 4. The average molecular weight is 207 g/mol. The van der Waals surface area contributed by atoms with Gasteiger partial charge in [0.05, 0.1) is 6.61 Å². The molecule has 0 saturated heterocycles. The molecule has 0 spiro atoms. The molecule has 0 aliphatic carbocycles. The summed E-state index contributed by atoms with van der Waals surface area (Å²) in [5.41, 5.74) is 0.573. The molecule has 0 fully saturated rings. The highest BCUT2D eigenvalue weighted by molar-refractivity contribution is 6.03. The summed E-state index contributed by atoms with van der Waals surface area (Å²) in [6, 6.07) is 3.38. The number of pyridine rings is 1. The molecule has 0 bridgehead atoms. The Hall–Kier alpha value is -1.71. The Kier molecular flexibility index (Phi) is 3.97. The maximum absolute atomic E-state index is 11.5. The Balaban J connectivity index is 2.94. The number of carbonyl (C=O) groups is 2. The van der Waals surface area contributed by atoms with Crippen LogP contribution in [0.2, 0.25) is 0 Å². The van der Waals surface area contributed by atoms with Gasteiger partial charge in [0.1, 0.15) is 11.7 Å². The lowest BCUT2D eigenvalue weighted by atomic mass is 9.97. The Labute approximate surface area is 88.3 Å². The van der Waals surface area contributed by atoms with Gasteiger partial charge >= 0.3 is 5.97 Å². The van der Waals surface area contributed by atoms with Gasteiger partial charge in [-0.3, -0.25) is 14.6 Å². The summed E-state index contributed by atoms with van der Waals surface area (Å²) < 4.78 is 4.83. The summed E-state index contributed by atoms with van der Waals surface area (Å²) in [7, 11) is 0. The highest BCUT2D eigenvalue weighted by atomic mass is 16.5. The zero-order valence-corrected chi connectivity index (χ0v) is 8.77. The maximum atomic E-state index is 11.5. The number of Topliss-reactive ketones (excluding diaryl/α,β-unsaturated/α-hetero) is 1. The van der Waals surface area contributed by atoms with E-state index in [1.807, 2.05) is 0 Å². The van der Waals surface area contributed by atoms with Gasteiger partial charge in [-0.05, 0) is 25.5 Å². The van der Waals surface area contributed by atoms with Crippen LogP contribution in [0.1, 0.15) is 25.3 Å². The van der Waals surface area contributed by atoms with Crippen LogP contribution < -0.4 is 0 Å². The predicted octanol–water partition coefficient (Wildman–Crippen LogP) is 1.32. The Morgan fingerprint density at radius 3 is 2.73 bits per heavy atom. The summed E-state index contributed by atoms with van der Waals surface area (Å²) in [5, 5.41) is 0. The van der Waals surface area contributed by atoms with E-state index in [1.54, 1.807) is 25.3 Å². The molecular weight excluding hydrogens is 194 g/mol.